The summed E-state index contributed by atoms with van der Waals surface area (Å²) in [5, 5.41) is 19.5. The second kappa shape index (κ2) is 10.7. The van der Waals surface area contributed by atoms with Crippen molar-refractivity contribution in [2.75, 3.05) is 35.3 Å². The molecule has 3 aromatic rings. The molecule has 0 amide bonds. The van der Waals surface area contributed by atoms with Crippen LogP contribution in [0.5, 0.6) is 0 Å². The van der Waals surface area contributed by atoms with E-state index in [1.807, 2.05) is 31.3 Å². The first-order chi connectivity index (χ1) is 17.9. The Labute approximate surface area is 216 Å². The molecule has 37 heavy (non-hydrogen) atoms. The van der Waals surface area contributed by atoms with E-state index in [0.29, 0.717) is 28.7 Å². The number of fused-ring (bicyclic) bond motifs is 1. The summed E-state index contributed by atoms with van der Waals surface area (Å²) in [6.07, 6.45) is 9.21. The fourth-order valence-corrected chi connectivity index (χ4v) is 5.62. The lowest BCUT2D eigenvalue weighted by Gasteiger charge is -2.35. The zero-order chi connectivity index (χ0) is 25.9. The van der Waals surface area contributed by atoms with Crippen LogP contribution in [0.2, 0.25) is 0 Å². The minimum Gasteiger partial charge on any atom is -0.481 e. The molecule has 1 saturated carbocycles. The number of carboxylic acid groups (broad SMARTS) is 1. The van der Waals surface area contributed by atoms with E-state index in [9.17, 15) is 14.7 Å². The van der Waals surface area contributed by atoms with Crippen LogP contribution in [-0.4, -0.2) is 57.4 Å². The van der Waals surface area contributed by atoms with Crippen LogP contribution in [0, 0.1) is 11.8 Å². The fraction of sp³-hybridized carbons (Fsp3) is 0.519. The lowest BCUT2D eigenvalue weighted by molar-refractivity contribution is -0.143. The third-order valence-corrected chi connectivity index (χ3v) is 8.07. The molecule has 1 aromatic carbocycles. The Morgan fingerprint density at radius 3 is 2.49 bits per heavy atom. The van der Waals surface area contributed by atoms with Gasteiger partial charge in [0.2, 0.25) is 5.95 Å². The third-order valence-electron chi connectivity index (χ3n) is 8.07. The number of aliphatic carboxylic acids is 1. The van der Waals surface area contributed by atoms with Gasteiger partial charge < -0.3 is 20.2 Å². The van der Waals surface area contributed by atoms with Crippen molar-refractivity contribution in [2.24, 2.45) is 11.8 Å². The van der Waals surface area contributed by atoms with Crippen molar-refractivity contribution in [2.45, 2.75) is 57.9 Å². The zero-order valence-electron chi connectivity index (χ0n) is 21.5. The van der Waals surface area contributed by atoms with E-state index < -0.39 is 5.97 Å². The maximum absolute atomic E-state index is 12.7. The first kappa shape index (κ1) is 25.0. The van der Waals surface area contributed by atoms with Crippen molar-refractivity contribution in [3.63, 3.8) is 0 Å². The highest BCUT2D eigenvalue weighted by Gasteiger charge is 2.28. The second-order valence-corrected chi connectivity index (χ2v) is 10.4. The SMILES string of the molecule is CC(C(=O)O)C1CCN(c2ccc(Nc3nc(N(C)C4CCCCC4)nc4cn[nH]c(=O)c34)cc2)CC1. The summed E-state index contributed by atoms with van der Waals surface area (Å²) in [5.74, 6) is 0.242. The maximum Gasteiger partial charge on any atom is 0.306 e. The van der Waals surface area contributed by atoms with Gasteiger partial charge in [0.05, 0.1) is 12.1 Å². The Morgan fingerprint density at radius 1 is 1.11 bits per heavy atom. The van der Waals surface area contributed by atoms with Crippen LogP contribution < -0.4 is 20.7 Å². The van der Waals surface area contributed by atoms with Gasteiger partial charge in [-0.3, -0.25) is 9.59 Å². The number of nitrogens with one attached hydrogen (secondary N) is 2. The summed E-state index contributed by atoms with van der Waals surface area (Å²) in [7, 11) is 2.02. The van der Waals surface area contributed by atoms with Crippen LogP contribution >= 0.6 is 0 Å². The highest BCUT2D eigenvalue weighted by molar-refractivity contribution is 5.90. The van der Waals surface area contributed by atoms with Crippen molar-refractivity contribution in [3.05, 3.63) is 40.8 Å². The molecule has 3 heterocycles. The molecule has 3 N–H and O–H groups in total. The Hall–Kier alpha value is -3.69. The summed E-state index contributed by atoms with van der Waals surface area (Å²) in [4.78, 5) is 37.8. The fourth-order valence-electron chi connectivity index (χ4n) is 5.62. The molecular weight excluding hydrogens is 470 g/mol. The first-order valence-corrected chi connectivity index (χ1v) is 13.2. The Bertz CT molecular complexity index is 1300. The van der Waals surface area contributed by atoms with E-state index in [4.69, 9.17) is 4.98 Å². The monoisotopic (exact) mass is 505 g/mol. The van der Waals surface area contributed by atoms with Gasteiger partial charge in [-0.1, -0.05) is 26.2 Å². The van der Waals surface area contributed by atoms with Crippen LogP contribution in [0.25, 0.3) is 10.9 Å². The van der Waals surface area contributed by atoms with Crippen molar-refractivity contribution in [3.8, 4) is 0 Å². The topological polar surface area (TPSA) is 127 Å². The second-order valence-electron chi connectivity index (χ2n) is 10.4. The molecule has 10 heteroatoms. The number of piperidine rings is 1. The molecule has 1 aliphatic heterocycles. The third kappa shape index (κ3) is 5.38. The highest BCUT2D eigenvalue weighted by Crippen LogP contribution is 2.31. The van der Waals surface area contributed by atoms with E-state index in [2.05, 4.69) is 30.3 Å². The van der Waals surface area contributed by atoms with Crippen LogP contribution in [0.4, 0.5) is 23.1 Å². The molecule has 0 bridgehead atoms. The molecule has 0 radical (unpaired) electrons. The summed E-state index contributed by atoms with van der Waals surface area (Å²) in [6, 6.07) is 8.45. The largest absolute Gasteiger partial charge is 0.481 e. The molecule has 2 aliphatic rings. The number of carbonyl (C=O) groups is 1. The number of anilines is 4. The minimum atomic E-state index is -0.714. The molecule has 10 nitrogen and oxygen atoms in total. The van der Waals surface area contributed by atoms with Gasteiger partial charge in [0.25, 0.3) is 5.56 Å². The predicted molar refractivity (Wildman–Crippen MR) is 145 cm³/mol. The normalized spacial score (nSPS) is 18.1. The lowest BCUT2D eigenvalue weighted by atomic mass is 9.85. The van der Waals surface area contributed by atoms with Gasteiger partial charge in [-0.2, -0.15) is 10.1 Å². The number of rotatable bonds is 7. The number of benzene rings is 1. The number of carboxylic acids is 1. The van der Waals surface area contributed by atoms with Crippen LogP contribution in [0.3, 0.4) is 0 Å². The first-order valence-electron chi connectivity index (χ1n) is 13.2. The summed E-state index contributed by atoms with van der Waals surface area (Å²) in [6.45, 7) is 3.48. The van der Waals surface area contributed by atoms with E-state index in [1.165, 1.54) is 19.3 Å². The molecule has 0 spiro atoms. The standard InChI is InChI=1S/C27H35N7O3/c1-17(26(36)37)18-12-14-34(15-13-18)21-10-8-19(9-11-21)29-24-23-22(16-28-32-25(23)35)30-27(31-24)33(2)20-6-4-3-5-7-20/h8-11,16-18,20H,3-7,12-15H2,1-2H3,(H,32,35)(H,36,37)(H,29,30,31). The minimum absolute atomic E-state index is 0.217. The molecule has 1 atom stereocenters. The molecule has 196 valence electrons. The molecule has 1 saturated heterocycles. The number of hydrogen-bond acceptors (Lipinski definition) is 8. The van der Waals surface area contributed by atoms with Gasteiger partial charge in [0.1, 0.15) is 16.7 Å². The summed E-state index contributed by atoms with van der Waals surface area (Å²) >= 11 is 0. The van der Waals surface area contributed by atoms with Crippen LogP contribution in [0.1, 0.15) is 51.9 Å². The maximum atomic E-state index is 12.7. The number of aromatic amines is 1. The van der Waals surface area contributed by atoms with Gasteiger partial charge in [-0.25, -0.2) is 10.1 Å². The average molecular weight is 506 g/mol. The van der Waals surface area contributed by atoms with Crippen molar-refractivity contribution in [1.82, 2.24) is 20.2 Å². The van der Waals surface area contributed by atoms with Crippen molar-refractivity contribution >= 4 is 40.0 Å². The van der Waals surface area contributed by atoms with Crippen LogP contribution in [0.15, 0.2) is 35.3 Å². The quantitative estimate of drug-likeness (QED) is 0.434. The van der Waals surface area contributed by atoms with Crippen molar-refractivity contribution < 1.29 is 9.90 Å². The number of H-pyrrole nitrogens is 1. The smallest absolute Gasteiger partial charge is 0.306 e. The predicted octanol–water partition coefficient (Wildman–Crippen LogP) is 4.16. The molecule has 2 aromatic heterocycles. The van der Waals surface area contributed by atoms with Gasteiger partial charge in [-0.15, -0.1) is 0 Å². The molecular formula is C27H35N7O3. The van der Waals surface area contributed by atoms with Crippen LogP contribution in [-0.2, 0) is 4.79 Å². The number of nitrogens with zero attached hydrogens (tertiary/aromatic N) is 5. The van der Waals surface area contributed by atoms with E-state index in [0.717, 1.165) is 50.1 Å². The van der Waals surface area contributed by atoms with Gasteiger partial charge >= 0.3 is 5.97 Å². The molecule has 2 fully saturated rings. The van der Waals surface area contributed by atoms with E-state index in [1.54, 1.807) is 13.1 Å². The highest BCUT2D eigenvalue weighted by atomic mass is 16.4. The summed E-state index contributed by atoms with van der Waals surface area (Å²) in [5.41, 5.74) is 2.09. The van der Waals surface area contributed by atoms with E-state index >= 15 is 0 Å². The van der Waals surface area contributed by atoms with Crippen molar-refractivity contribution in [1.29, 1.82) is 0 Å². The van der Waals surface area contributed by atoms with Gasteiger partial charge in [0, 0.05) is 37.6 Å². The average Bonchev–Trinajstić information content (AvgIpc) is 2.93. The zero-order valence-corrected chi connectivity index (χ0v) is 21.5. The Morgan fingerprint density at radius 2 is 1.81 bits per heavy atom. The van der Waals surface area contributed by atoms with Gasteiger partial charge in [-0.05, 0) is 55.9 Å². The molecule has 1 aliphatic carbocycles. The number of aromatic nitrogens is 4. The molecule has 1 unspecified atom stereocenters. The number of hydrogen-bond donors (Lipinski definition) is 3. The molecule has 5 rings (SSSR count). The Kier molecular flexibility index (Phi) is 7.25. The summed E-state index contributed by atoms with van der Waals surface area (Å²) < 4.78 is 0. The lowest BCUT2D eigenvalue weighted by Crippen LogP contribution is -2.37. The van der Waals surface area contributed by atoms with E-state index in [-0.39, 0.29) is 17.4 Å². The Balaban J connectivity index is 1.35. The van der Waals surface area contributed by atoms with Gasteiger partial charge in [0.15, 0.2) is 0 Å².